The van der Waals surface area contributed by atoms with Crippen molar-refractivity contribution in [2.75, 3.05) is 25.0 Å². The van der Waals surface area contributed by atoms with Crippen molar-refractivity contribution >= 4 is 21.6 Å². The van der Waals surface area contributed by atoms with Crippen molar-refractivity contribution < 1.29 is 17.6 Å². The third-order valence-corrected chi connectivity index (χ3v) is 7.27. The second-order valence-electron chi connectivity index (χ2n) is 7.32. The summed E-state index contributed by atoms with van der Waals surface area (Å²) < 4.78 is 40.2. The van der Waals surface area contributed by atoms with E-state index in [1.165, 1.54) is 16.4 Å². The molecule has 1 atom stereocenters. The van der Waals surface area contributed by atoms with Gasteiger partial charge in [-0.3, -0.25) is 4.79 Å². The van der Waals surface area contributed by atoms with Crippen LogP contribution in [0.5, 0.6) is 0 Å². The van der Waals surface area contributed by atoms with Crippen LogP contribution in [0.4, 0.5) is 10.1 Å². The summed E-state index contributed by atoms with van der Waals surface area (Å²) in [6.07, 6.45) is 1.25. The Balaban J connectivity index is 1.77. The highest BCUT2D eigenvalue weighted by Gasteiger charge is 2.34. The zero-order chi connectivity index (χ0) is 20.5. The molecule has 1 fully saturated rings. The van der Waals surface area contributed by atoms with Crippen LogP contribution in [0.2, 0.25) is 0 Å². The van der Waals surface area contributed by atoms with E-state index in [4.69, 9.17) is 0 Å². The maximum absolute atomic E-state index is 13.1. The number of amides is 1. The number of carbonyl (C=O) groups is 1. The summed E-state index contributed by atoms with van der Waals surface area (Å²) in [7, 11) is -2.03. The van der Waals surface area contributed by atoms with Gasteiger partial charge in [-0.2, -0.15) is 4.31 Å². The first-order valence-corrected chi connectivity index (χ1v) is 10.7. The number of nitrogens with zero attached hydrogens (tertiary/aromatic N) is 2. The molecule has 5 nitrogen and oxygen atoms in total. The van der Waals surface area contributed by atoms with E-state index < -0.39 is 21.8 Å². The van der Waals surface area contributed by atoms with E-state index in [1.54, 1.807) is 11.9 Å². The number of anilines is 1. The molecule has 1 saturated heterocycles. The number of rotatable bonds is 4. The molecule has 150 valence electrons. The van der Waals surface area contributed by atoms with Crippen LogP contribution in [0.3, 0.4) is 0 Å². The van der Waals surface area contributed by atoms with Gasteiger partial charge in [-0.05, 0) is 74.2 Å². The fourth-order valence-electron chi connectivity index (χ4n) is 3.45. The Kier molecular flexibility index (Phi) is 5.86. The van der Waals surface area contributed by atoms with Crippen molar-refractivity contribution in [1.29, 1.82) is 0 Å². The van der Waals surface area contributed by atoms with Crippen LogP contribution in [0.1, 0.15) is 24.0 Å². The normalized spacial score (nSPS) is 18.1. The number of benzene rings is 2. The molecule has 1 aliphatic heterocycles. The molecule has 28 heavy (non-hydrogen) atoms. The van der Waals surface area contributed by atoms with E-state index in [2.05, 4.69) is 0 Å². The first kappa shape index (κ1) is 20.5. The molecule has 0 bridgehead atoms. The van der Waals surface area contributed by atoms with E-state index in [0.717, 1.165) is 28.9 Å². The summed E-state index contributed by atoms with van der Waals surface area (Å²) >= 11 is 0. The maximum atomic E-state index is 13.1. The quantitative estimate of drug-likeness (QED) is 0.784. The highest BCUT2D eigenvalue weighted by molar-refractivity contribution is 7.89. The first-order valence-electron chi connectivity index (χ1n) is 9.30. The van der Waals surface area contributed by atoms with Crippen LogP contribution in [0, 0.1) is 25.6 Å². The number of hydrogen-bond donors (Lipinski definition) is 0. The van der Waals surface area contributed by atoms with Crippen molar-refractivity contribution in [3.63, 3.8) is 0 Å². The summed E-state index contributed by atoms with van der Waals surface area (Å²) in [5.74, 6) is -0.987. The molecule has 3 rings (SSSR count). The minimum absolute atomic E-state index is 0.0458. The number of carbonyl (C=O) groups excluding carboxylic acids is 1. The van der Waals surface area contributed by atoms with E-state index in [1.807, 2.05) is 32.0 Å². The van der Waals surface area contributed by atoms with Crippen LogP contribution in [-0.2, 0) is 14.8 Å². The largest absolute Gasteiger partial charge is 0.315 e. The van der Waals surface area contributed by atoms with Gasteiger partial charge < -0.3 is 4.90 Å². The van der Waals surface area contributed by atoms with Gasteiger partial charge in [0.1, 0.15) is 5.82 Å². The van der Waals surface area contributed by atoms with Crippen molar-refractivity contribution in [3.8, 4) is 0 Å². The minimum Gasteiger partial charge on any atom is -0.315 e. The smallest absolute Gasteiger partial charge is 0.243 e. The third-order valence-electron chi connectivity index (χ3n) is 5.39. The van der Waals surface area contributed by atoms with Crippen LogP contribution in [0.25, 0.3) is 0 Å². The number of piperidine rings is 1. The summed E-state index contributed by atoms with van der Waals surface area (Å²) in [5, 5.41) is 0. The van der Waals surface area contributed by atoms with Gasteiger partial charge in [0.25, 0.3) is 0 Å². The van der Waals surface area contributed by atoms with Gasteiger partial charge in [-0.25, -0.2) is 12.8 Å². The summed E-state index contributed by atoms with van der Waals surface area (Å²) in [4.78, 5) is 14.7. The van der Waals surface area contributed by atoms with Crippen LogP contribution in [0.15, 0.2) is 47.4 Å². The molecular formula is C21H25FN2O3S. The molecule has 0 aliphatic carbocycles. The Morgan fingerprint density at radius 1 is 1.11 bits per heavy atom. The maximum Gasteiger partial charge on any atom is 0.243 e. The Morgan fingerprint density at radius 2 is 1.79 bits per heavy atom. The third kappa shape index (κ3) is 4.10. The predicted octanol–water partition coefficient (Wildman–Crippen LogP) is 3.51. The Morgan fingerprint density at radius 3 is 2.43 bits per heavy atom. The van der Waals surface area contributed by atoms with Crippen molar-refractivity contribution in [2.24, 2.45) is 5.92 Å². The summed E-state index contributed by atoms with van der Waals surface area (Å²) in [6.45, 7) is 4.50. The van der Waals surface area contributed by atoms with Gasteiger partial charge in [0, 0.05) is 25.8 Å². The van der Waals surface area contributed by atoms with Crippen LogP contribution < -0.4 is 4.90 Å². The van der Waals surface area contributed by atoms with Gasteiger partial charge in [-0.15, -0.1) is 0 Å². The fourth-order valence-corrected chi connectivity index (χ4v) is 4.98. The second kappa shape index (κ2) is 8.01. The molecule has 1 heterocycles. The van der Waals surface area contributed by atoms with Crippen molar-refractivity contribution in [2.45, 2.75) is 31.6 Å². The SMILES string of the molecule is Cc1ccc(N(C)C(=O)[C@H]2CCCN(S(=O)(=O)c3ccc(F)cc3)C2)cc1C. The monoisotopic (exact) mass is 404 g/mol. The Bertz CT molecular complexity index is 974. The topological polar surface area (TPSA) is 57.7 Å². The van der Waals surface area contributed by atoms with Gasteiger partial charge >= 0.3 is 0 Å². The molecule has 1 aliphatic rings. The van der Waals surface area contributed by atoms with Gasteiger partial charge in [0.05, 0.1) is 10.8 Å². The molecule has 7 heteroatoms. The van der Waals surface area contributed by atoms with Crippen LogP contribution >= 0.6 is 0 Å². The highest BCUT2D eigenvalue weighted by atomic mass is 32.2. The lowest BCUT2D eigenvalue weighted by molar-refractivity contribution is -0.123. The molecule has 2 aromatic carbocycles. The minimum atomic E-state index is -3.75. The number of hydrogen-bond acceptors (Lipinski definition) is 3. The molecular weight excluding hydrogens is 379 g/mol. The molecule has 0 aromatic heterocycles. The molecule has 2 aromatic rings. The molecule has 0 saturated carbocycles. The lowest BCUT2D eigenvalue weighted by atomic mass is 9.98. The summed E-state index contributed by atoms with van der Waals surface area (Å²) in [5.41, 5.74) is 3.05. The average Bonchev–Trinajstić information content (AvgIpc) is 2.69. The lowest BCUT2D eigenvalue weighted by Crippen LogP contribution is -2.46. The van der Waals surface area contributed by atoms with Gasteiger partial charge in [-0.1, -0.05) is 6.07 Å². The standard InChI is InChI=1S/C21H25FN2O3S/c1-15-6-9-19(13-16(15)2)23(3)21(25)17-5-4-12-24(14-17)28(26,27)20-10-7-18(22)8-11-20/h6-11,13,17H,4-5,12,14H2,1-3H3/t17-/m0/s1. The fraction of sp³-hybridized carbons (Fsp3) is 0.381. The zero-order valence-electron chi connectivity index (χ0n) is 16.4. The average molecular weight is 405 g/mol. The first-order chi connectivity index (χ1) is 13.2. The van der Waals surface area contributed by atoms with E-state index in [9.17, 15) is 17.6 Å². The van der Waals surface area contributed by atoms with Crippen molar-refractivity contribution in [1.82, 2.24) is 4.31 Å². The summed E-state index contributed by atoms with van der Waals surface area (Å²) in [6, 6.07) is 10.6. The van der Waals surface area contributed by atoms with Crippen molar-refractivity contribution in [3.05, 3.63) is 59.4 Å². The highest BCUT2D eigenvalue weighted by Crippen LogP contribution is 2.27. The molecule has 0 spiro atoms. The van der Waals surface area contributed by atoms with Crippen LogP contribution in [-0.4, -0.2) is 38.8 Å². The van der Waals surface area contributed by atoms with E-state index in [0.29, 0.717) is 19.4 Å². The zero-order valence-corrected chi connectivity index (χ0v) is 17.2. The molecule has 0 N–H and O–H groups in total. The van der Waals surface area contributed by atoms with E-state index in [-0.39, 0.29) is 17.3 Å². The van der Waals surface area contributed by atoms with Gasteiger partial charge in [0.15, 0.2) is 0 Å². The number of sulfonamides is 1. The van der Waals surface area contributed by atoms with Gasteiger partial charge in [0.2, 0.25) is 15.9 Å². The lowest BCUT2D eigenvalue weighted by Gasteiger charge is -2.33. The number of halogens is 1. The molecule has 0 unspecified atom stereocenters. The van der Waals surface area contributed by atoms with E-state index >= 15 is 0 Å². The Labute approximate surface area is 165 Å². The number of aryl methyl sites for hydroxylation is 2. The molecule has 0 radical (unpaired) electrons. The predicted molar refractivity (Wildman–Crippen MR) is 107 cm³/mol. The second-order valence-corrected chi connectivity index (χ2v) is 9.26. The Hall–Kier alpha value is -2.25. The molecule has 1 amide bonds.